The Morgan fingerprint density at radius 1 is 1.00 bits per heavy atom. The molecule has 1 aliphatic carbocycles. The maximum Gasteiger partial charge on any atom is 0.0251 e. The van der Waals surface area contributed by atoms with E-state index in [0.29, 0.717) is 0 Å². The Morgan fingerprint density at radius 3 is 2.35 bits per heavy atom. The van der Waals surface area contributed by atoms with Crippen LogP contribution in [0.4, 0.5) is 0 Å². The van der Waals surface area contributed by atoms with Crippen molar-refractivity contribution in [2.24, 2.45) is 11.8 Å². The second-order valence-electron chi connectivity index (χ2n) is 6.37. The largest absolute Gasteiger partial charge is 0.313 e. The van der Waals surface area contributed by atoms with Crippen molar-refractivity contribution in [3.05, 3.63) is 0 Å². The molecule has 17 heavy (non-hydrogen) atoms. The average molecular weight is 238 g/mol. The molecule has 0 spiro atoms. The highest BCUT2D eigenvalue weighted by Crippen LogP contribution is 2.30. The number of likely N-dealkylation sites (tertiary alicyclic amines) is 1. The van der Waals surface area contributed by atoms with E-state index in [1.165, 1.54) is 45.2 Å². The second-order valence-corrected chi connectivity index (χ2v) is 6.37. The summed E-state index contributed by atoms with van der Waals surface area (Å²) < 4.78 is 0. The molecule has 2 nitrogen and oxygen atoms in total. The van der Waals surface area contributed by atoms with Crippen LogP contribution < -0.4 is 5.32 Å². The maximum atomic E-state index is 3.72. The van der Waals surface area contributed by atoms with Gasteiger partial charge in [-0.05, 0) is 63.6 Å². The molecule has 0 bridgehead atoms. The third-order valence-electron chi connectivity index (χ3n) is 4.83. The van der Waals surface area contributed by atoms with Crippen LogP contribution in [-0.4, -0.2) is 36.6 Å². The van der Waals surface area contributed by atoms with Crippen molar-refractivity contribution in [1.82, 2.24) is 10.2 Å². The summed E-state index contributed by atoms with van der Waals surface area (Å²) in [5.41, 5.74) is 0. The quantitative estimate of drug-likeness (QED) is 0.813. The summed E-state index contributed by atoms with van der Waals surface area (Å²) >= 11 is 0. The van der Waals surface area contributed by atoms with Gasteiger partial charge in [-0.2, -0.15) is 0 Å². The summed E-state index contributed by atoms with van der Waals surface area (Å²) in [6.07, 6.45) is 7.02. The van der Waals surface area contributed by atoms with E-state index >= 15 is 0 Å². The van der Waals surface area contributed by atoms with E-state index in [-0.39, 0.29) is 0 Å². The first-order valence-electron chi connectivity index (χ1n) is 7.68. The lowest BCUT2D eigenvalue weighted by atomic mass is 9.81. The minimum atomic E-state index is 0.754. The number of piperidine rings is 1. The molecule has 1 aliphatic heterocycles. The zero-order valence-corrected chi connectivity index (χ0v) is 11.9. The first-order valence-corrected chi connectivity index (χ1v) is 7.68. The van der Waals surface area contributed by atoms with Gasteiger partial charge in [0.15, 0.2) is 0 Å². The van der Waals surface area contributed by atoms with E-state index in [4.69, 9.17) is 0 Å². The topological polar surface area (TPSA) is 15.3 Å². The van der Waals surface area contributed by atoms with Crippen LogP contribution in [0.2, 0.25) is 0 Å². The van der Waals surface area contributed by atoms with E-state index in [2.05, 4.69) is 31.0 Å². The molecule has 2 fully saturated rings. The zero-order valence-electron chi connectivity index (χ0n) is 11.9. The van der Waals surface area contributed by atoms with Crippen LogP contribution in [0.25, 0.3) is 0 Å². The molecule has 0 amide bonds. The monoisotopic (exact) mass is 238 g/mol. The summed E-state index contributed by atoms with van der Waals surface area (Å²) in [4.78, 5) is 2.78. The summed E-state index contributed by atoms with van der Waals surface area (Å²) in [5.74, 6) is 1.87. The molecule has 2 aliphatic rings. The van der Waals surface area contributed by atoms with Gasteiger partial charge < -0.3 is 5.32 Å². The Bertz CT molecular complexity index is 221. The molecule has 1 saturated carbocycles. The Morgan fingerprint density at radius 2 is 1.71 bits per heavy atom. The lowest BCUT2D eigenvalue weighted by Gasteiger charge is -2.45. The predicted molar refractivity (Wildman–Crippen MR) is 74.2 cm³/mol. The van der Waals surface area contributed by atoms with Gasteiger partial charge >= 0.3 is 0 Å². The van der Waals surface area contributed by atoms with Crippen molar-refractivity contribution >= 4 is 0 Å². The number of rotatable bonds is 3. The first-order chi connectivity index (χ1) is 8.20. The Kier molecular flexibility index (Phi) is 4.87. The maximum absolute atomic E-state index is 3.72. The zero-order chi connectivity index (χ0) is 12.3. The van der Waals surface area contributed by atoms with Gasteiger partial charge in [-0.25, -0.2) is 0 Å². The molecule has 0 aromatic rings. The second kappa shape index (κ2) is 6.19. The SMILES string of the molecule is CCNC1CCC(C)CC1N1CCC(C)CC1. The van der Waals surface area contributed by atoms with E-state index in [1.54, 1.807) is 0 Å². The summed E-state index contributed by atoms with van der Waals surface area (Å²) in [6.45, 7) is 10.9. The van der Waals surface area contributed by atoms with Gasteiger partial charge in [0.05, 0.1) is 0 Å². The van der Waals surface area contributed by atoms with Gasteiger partial charge in [-0.3, -0.25) is 4.90 Å². The van der Waals surface area contributed by atoms with Gasteiger partial charge in [0.2, 0.25) is 0 Å². The van der Waals surface area contributed by atoms with Crippen LogP contribution in [0, 0.1) is 11.8 Å². The van der Waals surface area contributed by atoms with Crippen LogP contribution in [0.5, 0.6) is 0 Å². The molecular formula is C15H30N2. The fourth-order valence-electron chi connectivity index (χ4n) is 3.61. The molecule has 1 heterocycles. The van der Waals surface area contributed by atoms with Gasteiger partial charge in [-0.1, -0.05) is 20.8 Å². The predicted octanol–water partition coefficient (Wildman–Crippen LogP) is 2.89. The van der Waals surface area contributed by atoms with Crippen LogP contribution in [0.3, 0.4) is 0 Å². The minimum absolute atomic E-state index is 0.754. The van der Waals surface area contributed by atoms with E-state index in [9.17, 15) is 0 Å². The number of likely N-dealkylation sites (N-methyl/N-ethyl adjacent to an activating group) is 1. The third kappa shape index (κ3) is 3.45. The van der Waals surface area contributed by atoms with Gasteiger partial charge in [0.1, 0.15) is 0 Å². The summed E-state index contributed by atoms with van der Waals surface area (Å²) in [5, 5.41) is 3.72. The molecule has 0 aromatic carbocycles. The van der Waals surface area contributed by atoms with Gasteiger partial charge in [0, 0.05) is 12.1 Å². The Balaban J connectivity index is 1.94. The Hall–Kier alpha value is -0.0800. The molecule has 100 valence electrons. The van der Waals surface area contributed by atoms with Crippen LogP contribution in [-0.2, 0) is 0 Å². The van der Waals surface area contributed by atoms with Crippen molar-refractivity contribution < 1.29 is 0 Å². The lowest BCUT2D eigenvalue weighted by Crippen LogP contribution is -2.54. The molecule has 3 atom stereocenters. The van der Waals surface area contributed by atoms with E-state index < -0.39 is 0 Å². The molecular weight excluding hydrogens is 208 g/mol. The summed E-state index contributed by atoms with van der Waals surface area (Å²) in [7, 11) is 0. The fourth-order valence-corrected chi connectivity index (χ4v) is 3.61. The van der Waals surface area contributed by atoms with Gasteiger partial charge in [0.25, 0.3) is 0 Å². The first kappa shape index (κ1) is 13.4. The van der Waals surface area contributed by atoms with Crippen LogP contribution in [0.15, 0.2) is 0 Å². The van der Waals surface area contributed by atoms with E-state index in [1.807, 2.05) is 0 Å². The van der Waals surface area contributed by atoms with Crippen molar-refractivity contribution in [2.75, 3.05) is 19.6 Å². The molecule has 2 rings (SSSR count). The molecule has 1 saturated heterocycles. The normalized spacial score (nSPS) is 37.2. The highest BCUT2D eigenvalue weighted by Gasteiger charge is 2.33. The highest BCUT2D eigenvalue weighted by atomic mass is 15.2. The lowest BCUT2D eigenvalue weighted by molar-refractivity contribution is 0.0714. The van der Waals surface area contributed by atoms with Crippen molar-refractivity contribution in [3.63, 3.8) is 0 Å². The number of nitrogens with one attached hydrogen (secondary N) is 1. The van der Waals surface area contributed by atoms with E-state index in [0.717, 1.165) is 30.5 Å². The van der Waals surface area contributed by atoms with Crippen molar-refractivity contribution in [2.45, 2.75) is 65.0 Å². The van der Waals surface area contributed by atoms with Gasteiger partial charge in [-0.15, -0.1) is 0 Å². The number of hydrogen-bond acceptors (Lipinski definition) is 2. The molecule has 0 aromatic heterocycles. The molecule has 3 unspecified atom stereocenters. The molecule has 0 radical (unpaired) electrons. The fraction of sp³-hybridized carbons (Fsp3) is 1.00. The third-order valence-corrected chi connectivity index (χ3v) is 4.83. The van der Waals surface area contributed by atoms with Crippen LogP contribution in [0.1, 0.15) is 52.9 Å². The summed E-state index contributed by atoms with van der Waals surface area (Å²) in [6, 6.07) is 1.57. The highest BCUT2D eigenvalue weighted by molar-refractivity contribution is 4.91. The number of nitrogens with zero attached hydrogens (tertiary/aromatic N) is 1. The van der Waals surface area contributed by atoms with Crippen molar-refractivity contribution in [1.29, 1.82) is 0 Å². The molecule has 1 N–H and O–H groups in total. The minimum Gasteiger partial charge on any atom is -0.313 e. The van der Waals surface area contributed by atoms with Crippen LogP contribution >= 0.6 is 0 Å². The average Bonchev–Trinajstić information content (AvgIpc) is 2.33. The van der Waals surface area contributed by atoms with Crippen molar-refractivity contribution in [3.8, 4) is 0 Å². The standard InChI is InChI=1S/C15H30N2/c1-4-16-14-6-5-13(3)11-15(14)17-9-7-12(2)8-10-17/h12-16H,4-11H2,1-3H3. The molecule has 2 heteroatoms. The smallest absolute Gasteiger partial charge is 0.0251 e. The Labute approximate surface area is 107 Å². The number of hydrogen-bond donors (Lipinski definition) is 1.